The van der Waals surface area contributed by atoms with E-state index in [-0.39, 0.29) is 6.04 Å². The van der Waals surface area contributed by atoms with Gasteiger partial charge in [-0.15, -0.1) is 5.10 Å². The van der Waals surface area contributed by atoms with Crippen molar-refractivity contribution in [3.8, 4) is 0 Å². The summed E-state index contributed by atoms with van der Waals surface area (Å²) in [5.41, 5.74) is 2.16. The van der Waals surface area contributed by atoms with Crippen molar-refractivity contribution in [3.63, 3.8) is 0 Å². The highest BCUT2D eigenvalue weighted by molar-refractivity contribution is 6.35. The van der Waals surface area contributed by atoms with Crippen molar-refractivity contribution in [2.24, 2.45) is 17.8 Å². The molecule has 9 heteroatoms. The third-order valence-corrected chi connectivity index (χ3v) is 8.77. The Morgan fingerprint density at radius 1 is 1.09 bits per heavy atom. The van der Waals surface area contributed by atoms with Gasteiger partial charge in [0.05, 0.1) is 12.2 Å². The predicted octanol–water partition coefficient (Wildman–Crippen LogP) is 5.08. The van der Waals surface area contributed by atoms with Gasteiger partial charge in [-0.25, -0.2) is 14.6 Å². The third-order valence-electron chi connectivity index (χ3n) is 8.21. The standard InChI is InChI=1S/C25H31Cl2N7/c1-15-8-20(9-15)32-7-3-4-17(12-32)18-13-33(14-18)23-11-28-24-25(29-23)34(31-30-24)16(2)21-6-5-19(26)10-22(21)27/h5-6,10-11,15-18,20H,3-4,7-9,12-14H2,1-2H3/t15?,16-,17+,20?/m1/s1. The molecule has 2 atom stereocenters. The summed E-state index contributed by atoms with van der Waals surface area (Å²) < 4.78 is 1.80. The highest BCUT2D eigenvalue weighted by Gasteiger charge is 2.39. The summed E-state index contributed by atoms with van der Waals surface area (Å²) in [5, 5.41) is 9.79. The van der Waals surface area contributed by atoms with E-state index in [9.17, 15) is 0 Å². The van der Waals surface area contributed by atoms with Crippen molar-refractivity contribution < 1.29 is 0 Å². The number of rotatable bonds is 5. The van der Waals surface area contributed by atoms with Crippen molar-refractivity contribution in [1.82, 2.24) is 29.9 Å². The molecular weight excluding hydrogens is 469 g/mol. The summed E-state index contributed by atoms with van der Waals surface area (Å²) in [6, 6.07) is 6.23. The van der Waals surface area contributed by atoms with Gasteiger partial charge in [0, 0.05) is 35.7 Å². The smallest absolute Gasteiger partial charge is 0.221 e. The lowest BCUT2D eigenvalue weighted by Crippen LogP contribution is -2.56. The molecule has 3 aromatic rings. The fourth-order valence-corrected chi connectivity index (χ4v) is 6.59. The molecule has 3 fully saturated rings. The van der Waals surface area contributed by atoms with Crippen molar-refractivity contribution >= 4 is 40.3 Å². The Morgan fingerprint density at radius 2 is 1.91 bits per heavy atom. The van der Waals surface area contributed by atoms with Crippen molar-refractivity contribution in [2.75, 3.05) is 31.1 Å². The molecule has 34 heavy (non-hydrogen) atoms. The molecule has 3 aliphatic rings. The minimum Gasteiger partial charge on any atom is -0.355 e. The van der Waals surface area contributed by atoms with Gasteiger partial charge >= 0.3 is 0 Å². The lowest BCUT2D eigenvalue weighted by atomic mass is 9.76. The zero-order valence-corrected chi connectivity index (χ0v) is 21.3. The number of hydrogen-bond donors (Lipinski definition) is 0. The molecule has 2 aliphatic heterocycles. The van der Waals surface area contributed by atoms with Crippen molar-refractivity contribution in [1.29, 1.82) is 0 Å². The van der Waals surface area contributed by atoms with Crippen LogP contribution in [0.4, 0.5) is 5.82 Å². The highest BCUT2D eigenvalue weighted by atomic mass is 35.5. The van der Waals surface area contributed by atoms with E-state index in [4.69, 9.17) is 28.2 Å². The number of halogens is 2. The Morgan fingerprint density at radius 3 is 2.68 bits per heavy atom. The Kier molecular flexibility index (Phi) is 5.90. The molecule has 6 rings (SSSR count). The number of anilines is 1. The first kappa shape index (κ1) is 22.5. The molecule has 0 bridgehead atoms. The Balaban J connectivity index is 1.15. The van der Waals surface area contributed by atoms with Crippen LogP contribution in [-0.4, -0.2) is 62.1 Å². The lowest BCUT2D eigenvalue weighted by molar-refractivity contribution is 0.0295. The Labute approximate surface area is 210 Å². The van der Waals surface area contributed by atoms with Crippen LogP contribution < -0.4 is 4.90 Å². The highest BCUT2D eigenvalue weighted by Crippen LogP contribution is 2.38. The summed E-state index contributed by atoms with van der Waals surface area (Å²) >= 11 is 12.5. The number of benzene rings is 1. The van der Waals surface area contributed by atoms with Gasteiger partial charge in [0.2, 0.25) is 11.3 Å². The number of piperidine rings is 1. The average molecular weight is 500 g/mol. The summed E-state index contributed by atoms with van der Waals surface area (Å²) in [6.45, 7) is 9.09. The molecular formula is C25H31Cl2N7. The summed E-state index contributed by atoms with van der Waals surface area (Å²) in [5.74, 6) is 3.37. The number of nitrogens with zero attached hydrogens (tertiary/aromatic N) is 7. The fourth-order valence-electron chi connectivity index (χ4n) is 6.02. The van der Waals surface area contributed by atoms with Crippen LogP contribution in [0.25, 0.3) is 11.3 Å². The van der Waals surface area contributed by atoms with Crippen LogP contribution in [0.2, 0.25) is 10.0 Å². The molecule has 1 aromatic carbocycles. The first-order chi connectivity index (χ1) is 16.5. The van der Waals surface area contributed by atoms with Crippen molar-refractivity contribution in [2.45, 2.75) is 51.6 Å². The second-order valence-corrected chi connectivity index (χ2v) is 11.4. The average Bonchev–Trinajstić information content (AvgIpc) is 3.19. The SMILES string of the molecule is CC1CC(N2CCC[C@H](C3CN(c4cnc5nnn([C@H](C)c6ccc(Cl)cc6Cl)c5n4)C3)C2)C1. The fraction of sp³-hybridized carbons (Fsp3) is 0.600. The van der Waals surface area contributed by atoms with E-state index >= 15 is 0 Å². The maximum absolute atomic E-state index is 6.45. The summed E-state index contributed by atoms with van der Waals surface area (Å²) in [7, 11) is 0. The van der Waals surface area contributed by atoms with Crippen molar-refractivity contribution in [3.05, 3.63) is 40.0 Å². The maximum atomic E-state index is 6.45. The van der Waals surface area contributed by atoms with Crippen LogP contribution in [-0.2, 0) is 0 Å². The van der Waals surface area contributed by atoms with Crippen LogP contribution in [0.15, 0.2) is 24.4 Å². The van der Waals surface area contributed by atoms with E-state index in [2.05, 4.69) is 32.0 Å². The summed E-state index contributed by atoms with van der Waals surface area (Å²) in [6.07, 6.45) is 7.31. The van der Waals surface area contributed by atoms with E-state index in [1.807, 2.05) is 25.3 Å². The first-order valence-corrected chi connectivity index (χ1v) is 13.2. The molecule has 1 aliphatic carbocycles. The third kappa shape index (κ3) is 4.06. The molecule has 0 N–H and O–H groups in total. The predicted molar refractivity (Wildman–Crippen MR) is 136 cm³/mol. The monoisotopic (exact) mass is 499 g/mol. The molecule has 2 saturated heterocycles. The van der Waals surface area contributed by atoms with E-state index in [1.54, 1.807) is 10.7 Å². The van der Waals surface area contributed by atoms with Gasteiger partial charge in [-0.3, -0.25) is 0 Å². The number of fused-ring (bicyclic) bond motifs is 1. The molecule has 0 unspecified atom stereocenters. The molecule has 1 saturated carbocycles. The van der Waals surface area contributed by atoms with Crippen LogP contribution in [0.3, 0.4) is 0 Å². The minimum atomic E-state index is -0.133. The molecule has 4 heterocycles. The van der Waals surface area contributed by atoms with Crippen LogP contribution in [0.5, 0.6) is 0 Å². The zero-order valence-electron chi connectivity index (χ0n) is 19.7. The molecule has 2 aromatic heterocycles. The number of likely N-dealkylation sites (tertiary alicyclic amines) is 1. The quantitative estimate of drug-likeness (QED) is 0.487. The molecule has 0 spiro atoms. The van der Waals surface area contributed by atoms with Gasteiger partial charge in [-0.1, -0.05) is 41.4 Å². The topological polar surface area (TPSA) is 63.0 Å². The number of aromatic nitrogens is 5. The molecule has 180 valence electrons. The van der Waals surface area contributed by atoms with Gasteiger partial charge in [-0.05, 0) is 74.6 Å². The van der Waals surface area contributed by atoms with Gasteiger partial charge < -0.3 is 9.80 Å². The van der Waals surface area contributed by atoms with Crippen LogP contribution >= 0.6 is 23.2 Å². The van der Waals surface area contributed by atoms with E-state index in [0.717, 1.165) is 48.3 Å². The maximum Gasteiger partial charge on any atom is 0.221 e. The minimum absolute atomic E-state index is 0.133. The van der Waals surface area contributed by atoms with Gasteiger partial charge in [-0.2, -0.15) is 0 Å². The van der Waals surface area contributed by atoms with E-state index < -0.39 is 0 Å². The molecule has 0 amide bonds. The van der Waals surface area contributed by atoms with Gasteiger partial charge in [0.15, 0.2) is 0 Å². The van der Waals surface area contributed by atoms with Crippen LogP contribution in [0.1, 0.15) is 51.1 Å². The molecule has 0 radical (unpaired) electrons. The largest absolute Gasteiger partial charge is 0.355 e. The first-order valence-electron chi connectivity index (χ1n) is 12.5. The van der Waals surface area contributed by atoms with Crippen LogP contribution in [0, 0.1) is 17.8 Å². The normalized spacial score (nSPS) is 26.9. The Hall–Kier alpha value is -1.96. The lowest BCUT2D eigenvalue weighted by Gasteiger charge is -2.50. The van der Waals surface area contributed by atoms with Gasteiger partial charge in [0.1, 0.15) is 5.82 Å². The zero-order chi connectivity index (χ0) is 23.4. The number of hydrogen-bond acceptors (Lipinski definition) is 6. The van der Waals surface area contributed by atoms with Gasteiger partial charge in [0.25, 0.3) is 0 Å². The van der Waals surface area contributed by atoms with E-state index in [1.165, 1.54) is 38.8 Å². The summed E-state index contributed by atoms with van der Waals surface area (Å²) in [4.78, 5) is 14.6. The molecule has 7 nitrogen and oxygen atoms in total. The Bertz CT molecular complexity index is 1190. The van der Waals surface area contributed by atoms with E-state index in [0.29, 0.717) is 21.3 Å². The second-order valence-electron chi connectivity index (χ2n) is 10.5. The second kappa shape index (κ2) is 8.92.